The number of hydrogen-bond donors (Lipinski definition) is 1. The molecule has 0 saturated heterocycles. The van der Waals surface area contributed by atoms with E-state index in [1.807, 2.05) is 12.1 Å². The highest BCUT2D eigenvalue weighted by molar-refractivity contribution is 5.26. The first kappa shape index (κ1) is 22.1. The molecule has 1 aromatic heterocycles. The van der Waals surface area contributed by atoms with Crippen molar-refractivity contribution in [3.8, 4) is 5.75 Å². The molecule has 0 aliphatic heterocycles. The molecular weight excluding hydrogens is 378 g/mol. The number of methoxy groups -OCH3 is 1. The summed E-state index contributed by atoms with van der Waals surface area (Å²) in [4.78, 5) is 37.4. The predicted molar refractivity (Wildman–Crippen MR) is 108 cm³/mol. The molecule has 0 aliphatic carbocycles. The van der Waals surface area contributed by atoms with Gasteiger partial charge in [-0.1, -0.05) is 24.3 Å². The largest absolute Gasteiger partial charge is 0.497 e. The molecule has 0 aliphatic rings. The van der Waals surface area contributed by atoms with Crippen molar-refractivity contribution < 1.29 is 14.6 Å². The first-order chi connectivity index (χ1) is 13.9. The number of aliphatic hydroxyl groups is 1. The number of benzene rings is 1. The van der Waals surface area contributed by atoms with E-state index in [1.54, 1.807) is 19.2 Å². The zero-order valence-electron chi connectivity index (χ0n) is 16.3. The molecule has 0 radical (unpaired) electrons. The first-order valence-electron chi connectivity index (χ1n) is 8.98. The molecule has 1 atom stereocenters. The third kappa shape index (κ3) is 5.43. The van der Waals surface area contributed by atoms with E-state index in [4.69, 9.17) is 9.47 Å². The van der Waals surface area contributed by atoms with Crippen molar-refractivity contribution >= 4 is 0 Å². The Labute approximate surface area is 167 Å². The summed E-state index contributed by atoms with van der Waals surface area (Å²) in [5.74, 6) is 0.721. The maximum absolute atomic E-state index is 12.5. The van der Waals surface area contributed by atoms with Crippen LogP contribution in [-0.2, 0) is 31.0 Å². The van der Waals surface area contributed by atoms with Gasteiger partial charge in [-0.15, -0.1) is 13.2 Å². The van der Waals surface area contributed by atoms with Crippen LogP contribution >= 0.6 is 0 Å². The molecule has 2 aromatic rings. The Morgan fingerprint density at radius 3 is 1.97 bits per heavy atom. The summed E-state index contributed by atoms with van der Waals surface area (Å²) in [5, 5.41) is 10.2. The van der Waals surface area contributed by atoms with Crippen LogP contribution in [-0.4, -0.2) is 38.6 Å². The predicted octanol–water partition coefficient (Wildman–Crippen LogP) is 0.130. The lowest BCUT2D eigenvalue weighted by molar-refractivity contribution is 0.0186. The van der Waals surface area contributed by atoms with Crippen molar-refractivity contribution in [2.75, 3.05) is 13.7 Å². The Morgan fingerprint density at radius 2 is 1.48 bits per heavy atom. The zero-order valence-corrected chi connectivity index (χ0v) is 16.3. The minimum Gasteiger partial charge on any atom is -0.497 e. The van der Waals surface area contributed by atoms with Crippen molar-refractivity contribution in [2.45, 2.75) is 32.3 Å². The van der Waals surface area contributed by atoms with Crippen LogP contribution in [0.4, 0.5) is 0 Å². The van der Waals surface area contributed by atoms with Gasteiger partial charge in [-0.2, -0.15) is 0 Å². The number of ether oxygens (including phenoxy) is 2. The smallest absolute Gasteiger partial charge is 0.336 e. The summed E-state index contributed by atoms with van der Waals surface area (Å²) in [6, 6.07) is 7.24. The lowest BCUT2D eigenvalue weighted by Gasteiger charge is -2.15. The van der Waals surface area contributed by atoms with Crippen molar-refractivity contribution in [1.82, 2.24) is 13.7 Å². The summed E-state index contributed by atoms with van der Waals surface area (Å²) in [7, 11) is 1.57. The number of aromatic nitrogens is 3. The van der Waals surface area contributed by atoms with Crippen LogP contribution in [0.3, 0.4) is 0 Å². The maximum atomic E-state index is 12.5. The van der Waals surface area contributed by atoms with Gasteiger partial charge in [0.05, 0.1) is 46.1 Å². The molecule has 0 fully saturated rings. The molecule has 156 valence electrons. The van der Waals surface area contributed by atoms with Crippen LogP contribution in [0.15, 0.2) is 64.0 Å². The third-order valence-corrected chi connectivity index (χ3v) is 4.14. The van der Waals surface area contributed by atoms with Gasteiger partial charge in [-0.3, -0.25) is 0 Å². The fraction of sp³-hybridized carbons (Fsp3) is 0.350. The molecule has 0 amide bonds. The van der Waals surface area contributed by atoms with Crippen molar-refractivity contribution in [2.24, 2.45) is 0 Å². The van der Waals surface area contributed by atoms with E-state index in [-0.39, 0.29) is 32.8 Å². The molecule has 1 N–H and O–H groups in total. The van der Waals surface area contributed by atoms with Crippen LogP contribution < -0.4 is 21.8 Å². The number of aliphatic hydroxyl groups excluding tert-OH is 1. The quantitative estimate of drug-likeness (QED) is 0.535. The Morgan fingerprint density at radius 1 is 0.966 bits per heavy atom. The van der Waals surface area contributed by atoms with Gasteiger partial charge in [0, 0.05) is 0 Å². The second-order valence-electron chi connectivity index (χ2n) is 6.27. The molecule has 0 unspecified atom stereocenters. The van der Waals surface area contributed by atoms with E-state index >= 15 is 0 Å². The van der Waals surface area contributed by atoms with Crippen molar-refractivity contribution in [3.63, 3.8) is 0 Å². The molecule has 9 heteroatoms. The molecule has 0 bridgehead atoms. The minimum atomic E-state index is -1.12. The van der Waals surface area contributed by atoms with Gasteiger partial charge >= 0.3 is 17.1 Å². The second kappa shape index (κ2) is 10.4. The highest BCUT2D eigenvalue weighted by atomic mass is 16.5. The standard InChI is InChI=1S/C20H25N3O6/c1-4-10-21-18(25)22(11-5-2)20(27)23(19(21)26)12-16(24)14-29-13-15-6-8-17(28-3)9-7-15/h4-9,16,24H,1-2,10-14H2,3H3/t16-/m1/s1. The third-order valence-electron chi connectivity index (χ3n) is 4.14. The van der Waals surface area contributed by atoms with E-state index in [0.29, 0.717) is 0 Å². The normalized spacial score (nSPS) is 11.8. The number of hydrogen-bond acceptors (Lipinski definition) is 6. The Hall–Kier alpha value is -3.17. The molecule has 2 rings (SSSR count). The summed E-state index contributed by atoms with van der Waals surface area (Å²) in [6.45, 7) is 6.75. The lowest BCUT2D eigenvalue weighted by atomic mass is 10.2. The van der Waals surface area contributed by atoms with E-state index in [1.165, 1.54) is 12.2 Å². The van der Waals surface area contributed by atoms with Gasteiger partial charge in [0.2, 0.25) is 0 Å². The average Bonchev–Trinajstić information content (AvgIpc) is 2.72. The Bertz CT molecular complexity index is 968. The van der Waals surface area contributed by atoms with Crippen LogP contribution in [0, 0.1) is 0 Å². The van der Waals surface area contributed by atoms with Gasteiger partial charge in [-0.05, 0) is 17.7 Å². The van der Waals surface area contributed by atoms with Crippen LogP contribution in [0.5, 0.6) is 5.75 Å². The minimum absolute atomic E-state index is 0.0564. The van der Waals surface area contributed by atoms with Gasteiger partial charge in [0.25, 0.3) is 0 Å². The van der Waals surface area contributed by atoms with Crippen LogP contribution in [0.1, 0.15) is 5.56 Å². The average molecular weight is 403 g/mol. The molecular formula is C20H25N3O6. The monoisotopic (exact) mass is 403 g/mol. The maximum Gasteiger partial charge on any atom is 0.336 e. The number of allylic oxidation sites excluding steroid dienone is 2. The highest BCUT2D eigenvalue weighted by Crippen LogP contribution is 2.12. The summed E-state index contributed by atoms with van der Waals surface area (Å²) in [5.41, 5.74) is -1.49. The lowest BCUT2D eigenvalue weighted by Crippen LogP contribution is -2.55. The Balaban J connectivity index is 2.13. The fourth-order valence-corrected chi connectivity index (χ4v) is 2.71. The Kier molecular flexibility index (Phi) is 7.93. The topological polar surface area (TPSA) is 105 Å². The zero-order chi connectivity index (χ0) is 21.4. The second-order valence-corrected chi connectivity index (χ2v) is 6.27. The number of rotatable bonds is 11. The molecule has 1 heterocycles. The van der Waals surface area contributed by atoms with Crippen LogP contribution in [0.25, 0.3) is 0 Å². The van der Waals surface area contributed by atoms with E-state index in [2.05, 4.69) is 13.2 Å². The van der Waals surface area contributed by atoms with Crippen molar-refractivity contribution in [3.05, 3.63) is 86.6 Å². The molecule has 0 saturated carbocycles. The molecule has 1 aromatic carbocycles. The van der Waals surface area contributed by atoms with Crippen molar-refractivity contribution in [1.29, 1.82) is 0 Å². The highest BCUT2D eigenvalue weighted by Gasteiger charge is 2.17. The van der Waals surface area contributed by atoms with Crippen LogP contribution in [0.2, 0.25) is 0 Å². The SMILES string of the molecule is C=CCn1c(=O)n(CC=C)c(=O)n(C[C@@H](O)COCc2ccc(OC)cc2)c1=O. The number of nitrogens with zero attached hydrogens (tertiary/aromatic N) is 3. The van der Waals surface area contributed by atoms with Gasteiger partial charge in [0.15, 0.2) is 0 Å². The van der Waals surface area contributed by atoms with Gasteiger partial charge in [0.1, 0.15) is 5.75 Å². The summed E-state index contributed by atoms with van der Waals surface area (Å²) >= 11 is 0. The van der Waals surface area contributed by atoms with Gasteiger partial charge in [-0.25, -0.2) is 28.1 Å². The molecule has 9 nitrogen and oxygen atoms in total. The van der Waals surface area contributed by atoms with E-state index < -0.39 is 23.2 Å². The molecule has 29 heavy (non-hydrogen) atoms. The fourth-order valence-electron chi connectivity index (χ4n) is 2.71. The van der Waals surface area contributed by atoms with E-state index in [0.717, 1.165) is 25.0 Å². The summed E-state index contributed by atoms with van der Waals surface area (Å²) in [6.07, 6.45) is 1.64. The first-order valence-corrected chi connectivity index (χ1v) is 8.98. The van der Waals surface area contributed by atoms with E-state index in [9.17, 15) is 19.5 Å². The van der Waals surface area contributed by atoms with Gasteiger partial charge < -0.3 is 14.6 Å². The summed E-state index contributed by atoms with van der Waals surface area (Å²) < 4.78 is 13.1. The molecule has 0 spiro atoms.